The lowest BCUT2D eigenvalue weighted by atomic mass is 9.96. The Morgan fingerprint density at radius 3 is 2.67 bits per heavy atom. The first-order valence-corrected chi connectivity index (χ1v) is 9.56. The summed E-state index contributed by atoms with van der Waals surface area (Å²) in [4.78, 5) is 18.0. The number of anilines is 2. The SMILES string of the molecule is c1ccc(CNc2cc(-c3cccnc3)nc(NC3CCCCC3)n2)nc1. The second-order valence-electron chi connectivity index (χ2n) is 6.86. The fraction of sp³-hybridized carbons (Fsp3) is 0.333. The molecule has 0 bridgehead atoms. The number of hydrogen-bond acceptors (Lipinski definition) is 6. The zero-order valence-electron chi connectivity index (χ0n) is 15.3. The van der Waals surface area contributed by atoms with Gasteiger partial charge >= 0.3 is 0 Å². The van der Waals surface area contributed by atoms with Crippen LogP contribution < -0.4 is 10.6 Å². The van der Waals surface area contributed by atoms with Crippen molar-refractivity contribution in [2.45, 2.75) is 44.7 Å². The van der Waals surface area contributed by atoms with E-state index in [1.165, 1.54) is 32.1 Å². The van der Waals surface area contributed by atoms with Gasteiger partial charge in [0.15, 0.2) is 0 Å². The summed E-state index contributed by atoms with van der Waals surface area (Å²) in [7, 11) is 0. The van der Waals surface area contributed by atoms with Gasteiger partial charge in [0.25, 0.3) is 0 Å². The van der Waals surface area contributed by atoms with Gasteiger partial charge in [0.2, 0.25) is 5.95 Å². The van der Waals surface area contributed by atoms with Gasteiger partial charge in [0.1, 0.15) is 5.82 Å². The van der Waals surface area contributed by atoms with Crippen molar-refractivity contribution in [3.63, 3.8) is 0 Å². The number of pyridine rings is 2. The molecule has 0 amide bonds. The molecule has 1 aliphatic carbocycles. The molecule has 6 heteroatoms. The van der Waals surface area contributed by atoms with Crippen molar-refractivity contribution < 1.29 is 0 Å². The summed E-state index contributed by atoms with van der Waals surface area (Å²) < 4.78 is 0. The third kappa shape index (κ3) is 4.78. The van der Waals surface area contributed by atoms with E-state index in [4.69, 9.17) is 4.98 Å². The van der Waals surface area contributed by atoms with Crippen LogP contribution in [0.4, 0.5) is 11.8 Å². The van der Waals surface area contributed by atoms with Crippen LogP contribution in [0.5, 0.6) is 0 Å². The molecule has 1 saturated carbocycles. The molecule has 0 aliphatic heterocycles. The van der Waals surface area contributed by atoms with Gasteiger partial charge in [0.05, 0.1) is 17.9 Å². The Bertz CT molecular complexity index is 847. The minimum Gasteiger partial charge on any atom is -0.364 e. The summed E-state index contributed by atoms with van der Waals surface area (Å²) in [5, 5.41) is 6.91. The smallest absolute Gasteiger partial charge is 0.225 e. The zero-order chi connectivity index (χ0) is 18.3. The average molecular weight is 360 g/mol. The molecule has 4 rings (SSSR count). The maximum absolute atomic E-state index is 4.73. The first-order chi connectivity index (χ1) is 13.4. The van der Waals surface area contributed by atoms with Crippen molar-refractivity contribution in [3.05, 3.63) is 60.7 Å². The van der Waals surface area contributed by atoms with Gasteiger partial charge in [-0.15, -0.1) is 0 Å². The molecule has 0 radical (unpaired) electrons. The highest BCUT2D eigenvalue weighted by Gasteiger charge is 2.15. The van der Waals surface area contributed by atoms with Crippen LogP contribution in [0.25, 0.3) is 11.3 Å². The Morgan fingerprint density at radius 2 is 1.89 bits per heavy atom. The van der Waals surface area contributed by atoms with Crippen LogP contribution in [0.3, 0.4) is 0 Å². The molecular weight excluding hydrogens is 336 g/mol. The Kier molecular flexibility index (Phi) is 5.53. The fourth-order valence-corrected chi connectivity index (χ4v) is 3.38. The predicted octanol–water partition coefficient (Wildman–Crippen LogP) is 4.29. The van der Waals surface area contributed by atoms with Gasteiger partial charge in [-0.3, -0.25) is 9.97 Å². The molecule has 1 fully saturated rings. The number of hydrogen-bond donors (Lipinski definition) is 2. The van der Waals surface area contributed by atoms with E-state index in [-0.39, 0.29) is 0 Å². The Morgan fingerprint density at radius 1 is 0.963 bits per heavy atom. The Balaban J connectivity index is 1.57. The quantitative estimate of drug-likeness (QED) is 0.683. The second kappa shape index (κ2) is 8.58. The second-order valence-corrected chi connectivity index (χ2v) is 6.86. The standard InChI is InChI=1S/C21H24N6/c1-2-8-17(9-3-1)25-21-26-19(16-7-6-11-22-14-16)13-20(27-21)24-15-18-10-4-5-12-23-18/h4-7,10-14,17H,1-3,8-9,15H2,(H2,24,25,26,27). The highest BCUT2D eigenvalue weighted by Crippen LogP contribution is 2.24. The van der Waals surface area contributed by atoms with Crippen molar-refractivity contribution in [1.29, 1.82) is 0 Å². The zero-order valence-corrected chi connectivity index (χ0v) is 15.3. The van der Waals surface area contributed by atoms with Crippen molar-refractivity contribution >= 4 is 11.8 Å². The highest BCUT2D eigenvalue weighted by atomic mass is 15.2. The van der Waals surface area contributed by atoms with Crippen molar-refractivity contribution in [2.75, 3.05) is 10.6 Å². The summed E-state index contributed by atoms with van der Waals surface area (Å²) in [6.45, 7) is 0.618. The maximum atomic E-state index is 4.73. The summed E-state index contributed by atoms with van der Waals surface area (Å²) in [5.41, 5.74) is 2.81. The average Bonchev–Trinajstić information content (AvgIpc) is 2.74. The van der Waals surface area contributed by atoms with Gasteiger partial charge in [-0.05, 0) is 37.1 Å². The lowest BCUT2D eigenvalue weighted by Crippen LogP contribution is -2.23. The molecule has 0 atom stereocenters. The van der Waals surface area contributed by atoms with E-state index in [1.807, 2.05) is 42.6 Å². The Labute approximate surface area is 159 Å². The predicted molar refractivity (Wildman–Crippen MR) is 107 cm³/mol. The first-order valence-electron chi connectivity index (χ1n) is 9.56. The molecule has 0 unspecified atom stereocenters. The van der Waals surface area contributed by atoms with E-state index in [2.05, 4.69) is 25.6 Å². The van der Waals surface area contributed by atoms with E-state index < -0.39 is 0 Å². The molecule has 6 nitrogen and oxygen atoms in total. The van der Waals surface area contributed by atoms with E-state index in [9.17, 15) is 0 Å². The minimum atomic E-state index is 0.450. The number of aromatic nitrogens is 4. The van der Waals surface area contributed by atoms with Crippen LogP contribution in [0.2, 0.25) is 0 Å². The molecule has 1 aliphatic rings. The van der Waals surface area contributed by atoms with E-state index >= 15 is 0 Å². The van der Waals surface area contributed by atoms with Crippen molar-refractivity contribution in [3.8, 4) is 11.3 Å². The fourth-order valence-electron chi connectivity index (χ4n) is 3.38. The summed E-state index contributed by atoms with van der Waals surface area (Å²) in [5.74, 6) is 1.46. The largest absolute Gasteiger partial charge is 0.364 e. The van der Waals surface area contributed by atoms with Crippen molar-refractivity contribution in [1.82, 2.24) is 19.9 Å². The monoisotopic (exact) mass is 360 g/mol. The molecule has 27 heavy (non-hydrogen) atoms. The van der Waals surface area contributed by atoms with Crippen LogP contribution in [0.1, 0.15) is 37.8 Å². The molecule has 0 aromatic carbocycles. The van der Waals surface area contributed by atoms with Crippen molar-refractivity contribution in [2.24, 2.45) is 0 Å². The number of rotatable bonds is 6. The maximum Gasteiger partial charge on any atom is 0.225 e. The summed E-state index contributed by atoms with van der Waals surface area (Å²) in [6, 6.07) is 12.3. The molecule has 2 N–H and O–H groups in total. The third-order valence-electron chi connectivity index (χ3n) is 4.80. The normalized spacial score (nSPS) is 14.7. The van der Waals surface area contributed by atoms with E-state index in [0.29, 0.717) is 18.5 Å². The molecule has 0 saturated heterocycles. The highest BCUT2D eigenvalue weighted by molar-refractivity contribution is 5.63. The van der Waals surface area contributed by atoms with Crippen LogP contribution in [0.15, 0.2) is 55.0 Å². The number of nitrogens with one attached hydrogen (secondary N) is 2. The first kappa shape index (κ1) is 17.4. The van der Waals surface area contributed by atoms with E-state index in [1.54, 1.807) is 12.4 Å². The topological polar surface area (TPSA) is 75.6 Å². The van der Waals surface area contributed by atoms with E-state index in [0.717, 1.165) is 22.8 Å². The van der Waals surface area contributed by atoms with Crippen LogP contribution >= 0.6 is 0 Å². The van der Waals surface area contributed by atoms with Gasteiger partial charge in [0, 0.05) is 36.3 Å². The summed E-state index contributed by atoms with van der Waals surface area (Å²) >= 11 is 0. The van der Waals surface area contributed by atoms with Gasteiger partial charge in [-0.1, -0.05) is 25.3 Å². The van der Waals surface area contributed by atoms with Gasteiger partial charge in [-0.25, -0.2) is 4.98 Å². The lowest BCUT2D eigenvalue weighted by molar-refractivity contribution is 0.461. The molecule has 3 aromatic rings. The van der Waals surface area contributed by atoms with Gasteiger partial charge < -0.3 is 10.6 Å². The Hall–Kier alpha value is -3.02. The van der Waals surface area contributed by atoms with Crippen LogP contribution in [-0.2, 0) is 6.54 Å². The van der Waals surface area contributed by atoms with Crippen LogP contribution in [0, 0.1) is 0 Å². The summed E-state index contributed by atoms with van der Waals surface area (Å²) in [6.07, 6.45) is 11.6. The number of nitrogens with zero attached hydrogens (tertiary/aromatic N) is 4. The lowest BCUT2D eigenvalue weighted by Gasteiger charge is -2.23. The third-order valence-corrected chi connectivity index (χ3v) is 4.80. The molecule has 3 heterocycles. The van der Waals surface area contributed by atoms with Crippen LogP contribution in [-0.4, -0.2) is 26.0 Å². The minimum absolute atomic E-state index is 0.450. The molecule has 138 valence electrons. The molecular formula is C21H24N6. The van der Waals surface area contributed by atoms with Gasteiger partial charge in [-0.2, -0.15) is 4.98 Å². The molecule has 3 aromatic heterocycles. The molecule has 0 spiro atoms.